The second-order valence-electron chi connectivity index (χ2n) is 6.19. The van der Waals surface area contributed by atoms with E-state index in [2.05, 4.69) is 24.8 Å². The van der Waals surface area contributed by atoms with Crippen molar-refractivity contribution >= 4 is 0 Å². The van der Waals surface area contributed by atoms with Gasteiger partial charge in [-0.3, -0.25) is 4.90 Å². The predicted octanol–water partition coefficient (Wildman–Crippen LogP) is 1.61. The smallest absolute Gasteiger partial charge is 0.200 e. The molecule has 2 aromatic heterocycles. The van der Waals surface area contributed by atoms with Crippen LogP contribution in [0.5, 0.6) is 17.2 Å². The second kappa shape index (κ2) is 6.57. The van der Waals surface area contributed by atoms with Gasteiger partial charge in [0.05, 0.1) is 11.3 Å². The standard InChI is InChI=1S/C18H17N5O3/c24-15-2-1-11(16(25)17(15)26)8-23-4-3-14-13(9-23)7-21-18(22-14)12-5-19-10-20-6-12/h1-2,5-7,10,24-26H,3-4,8-9H2. The summed E-state index contributed by atoms with van der Waals surface area (Å²) in [5.74, 6) is -0.496. The topological polar surface area (TPSA) is 115 Å². The van der Waals surface area contributed by atoms with Crippen LogP contribution < -0.4 is 0 Å². The van der Waals surface area contributed by atoms with Crippen LogP contribution in [0.25, 0.3) is 11.4 Å². The van der Waals surface area contributed by atoms with Crippen molar-refractivity contribution in [2.45, 2.75) is 19.5 Å². The summed E-state index contributed by atoms with van der Waals surface area (Å²) in [5.41, 5.74) is 3.36. The molecule has 0 saturated carbocycles. The third kappa shape index (κ3) is 3.02. The van der Waals surface area contributed by atoms with Gasteiger partial charge >= 0.3 is 0 Å². The number of fused-ring (bicyclic) bond motifs is 1. The van der Waals surface area contributed by atoms with E-state index in [9.17, 15) is 15.3 Å². The van der Waals surface area contributed by atoms with Crippen molar-refractivity contribution in [1.29, 1.82) is 0 Å². The molecule has 0 radical (unpaired) electrons. The third-order valence-corrected chi connectivity index (χ3v) is 4.44. The van der Waals surface area contributed by atoms with E-state index in [0.29, 0.717) is 24.5 Å². The van der Waals surface area contributed by atoms with Crippen LogP contribution in [-0.4, -0.2) is 46.7 Å². The van der Waals surface area contributed by atoms with Crippen LogP contribution in [0.1, 0.15) is 16.8 Å². The van der Waals surface area contributed by atoms with Crippen LogP contribution in [0.15, 0.2) is 37.1 Å². The first-order chi connectivity index (χ1) is 12.6. The molecule has 0 atom stereocenters. The number of aromatic nitrogens is 4. The summed E-state index contributed by atoms with van der Waals surface area (Å²) in [4.78, 5) is 19.1. The van der Waals surface area contributed by atoms with Gasteiger partial charge in [0, 0.05) is 55.8 Å². The molecule has 0 fully saturated rings. The Bertz CT molecular complexity index is 949. The summed E-state index contributed by atoms with van der Waals surface area (Å²) in [6.07, 6.45) is 7.40. The third-order valence-electron chi connectivity index (χ3n) is 4.44. The minimum Gasteiger partial charge on any atom is -0.504 e. The molecule has 132 valence electrons. The highest BCUT2D eigenvalue weighted by Gasteiger charge is 2.21. The molecular weight excluding hydrogens is 334 g/mol. The van der Waals surface area contributed by atoms with Crippen molar-refractivity contribution in [2.24, 2.45) is 0 Å². The van der Waals surface area contributed by atoms with E-state index in [1.54, 1.807) is 18.5 Å². The van der Waals surface area contributed by atoms with E-state index in [1.165, 1.54) is 12.4 Å². The van der Waals surface area contributed by atoms with E-state index in [1.807, 2.05) is 6.20 Å². The average molecular weight is 351 g/mol. The van der Waals surface area contributed by atoms with Gasteiger partial charge in [0.1, 0.15) is 6.33 Å². The Kier molecular flexibility index (Phi) is 4.10. The molecule has 26 heavy (non-hydrogen) atoms. The Morgan fingerprint density at radius 3 is 2.62 bits per heavy atom. The fourth-order valence-corrected chi connectivity index (χ4v) is 3.04. The number of rotatable bonds is 3. The predicted molar refractivity (Wildman–Crippen MR) is 92.3 cm³/mol. The second-order valence-corrected chi connectivity index (χ2v) is 6.19. The summed E-state index contributed by atoms with van der Waals surface area (Å²) >= 11 is 0. The lowest BCUT2D eigenvalue weighted by molar-refractivity contribution is 0.238. The summed E-state index contributed by atoms with van der Waals surface area (Å²) in [6.45, 7) is 1.85. The molecule has 3 aromatic rings. The Hall–Kier alpha value is -3.26. The molecule has 4 rings (SSSR count). The Balaban J connectivity index is 1.53. The molecule has 0 saturated heterocycles. The summed E-state index contributed by atoms with van der Waals surface area (Å²) < 4.78 is 0. The number of nitrogens with zero attached hydrogens (tertiary/aromatic N) is 5. The van der Waals surface area contributed by atoms with E-state index in [4.69, 9.17) is 0 Å². The highest BCUT2D eigenvalue weighted by atomic mass is 16.3. The van der Waals surface area contributed by atoms with Gasteiger partial charge in [-0.05, 0) is 6.07 Å². The van der Waals surface area contributed by atoms with Crippen molar-refractivity contribution in [2.75, 3.05) is 6.54 Å². The molecule has 0 aliphatic carbocycles. The molecule has 1 aliphatic rings. The maximum absolute atomic E-state index is 9.99. The normalized spacial score (nSPS) is 14.2. The van der Waals surface area contributed by atoms with Gasteiger partial charge in [0.2, 0.25) is 5.75 Å². The molecular formula is C18H17N5O3. The van der Waals surface area contributed by atoms with Gasteiger partial charge in [-0.25, -0.2) is 19.9 Å². The summed E-state index contributed by atoms with van der Waals surface area (Å²) in [6, 6.07) is 2.98. The minimum absolute atomic E-state index is 0.286. The molecule has 1 aromatic carbocycles. The van der Waals surface area contributed by atoms with Gasteiger partial charge < -0.3 is 15.3 Å². The van der Waals surface area contributed by atoms with Crippen molar-refractivity contribution in [3.05, 3.63) is 53.9 Å². The van der Waals surface area contributed by atoms with E-state index >= 15 is 0 Å². The fraction of sp³-hybridized carbons (Fsp3) is 0.222. The molecule has 0 spiro atoms. The fourth-order valence-electron chi connectivity index (χ4n) is 3.04. The van der Waals surface area contributed by atoms with Gasteiger partial charge in [-0.15, -0.1) is 0 Å². The molecule has 0 amide bonds. The number of phenolic OH excluding ortho intramolecular Hbond substituents is 3. The monoisotopic (exact) mass is 351 g/mol. The summed E-state index contributed by atoms with van der Waals surface area (Å²) in [5, 5.41) is 29.1. The van der Waals surface area contributed by atoms with E-state index in [-0.39, 0.29) is 11.5 Å². The number of aromatic hydroxyl groups is 3. The van der Waals surface area contributed by atoms with Gasteiger partial charge in [0.15, 0.2) is 17.3 Å². The van der Waals surface area contributed by atoms with Gasteiger partial charge in [0.25, 0.3) is 0 Å². The van der Waals surface area contributed by atoms with Crippen LogP contribution in [0, 0.1) is 0 Å². The first-order valence-corrected chi connectivity index (χ1v) is 8.17. The maximum atomic E-state index is 9.99. The highest BCUT2D eigenvalue weighted by molar-refractivity contribution is 5.53. The van der Waals surface area contributed by atoms with Crippen LogP contribution in [0.2, 0.25) is 0 Å². The quantitative estimate of drug-likeness (QED) is 0.610. The number of hydrogen-bond acceptors (Lipinski definition) is 8. The summed E-state index contributed by atoms with van der Waals surface area (Å²) in [7, 11) is 0. The van der Waals surface area contributed by atoms with Gasteiger partial charge in [-0.1, -0.05) is 6.07 Å². The zero-order chi connectivity index (χ0) is 18.1. The molecule has 3 N–H and O–H groups in total. The van der Waals surface area contributed by atoms with Crippen LogP contribution >= 0.6 is 0 Å². The highest BCUT2D eigenvalue weighted by Crippen LogP contribution is 2.37. The molecule has 0 bridgehead atoms. The van der Waals surface area contributed by atoms with Crippen molar-refractivity contribution in [3.63, 3.8) is 0 Å². The SMILES string of the molecule is Oc1ccc(CN2CCc3nc(-c4cncnc4)ncc3C2)c(O)c1O. The van der Waals surface area contributed by atoms with E-state index in [0.717, 1.165) is 29.8 Å². The lowest BCUT2D eigenvalue weighted by Gasteiger charge is -2.28. The van der Waals surface area contributed by atoms with Crippen LogP contribution in [0.4, 0.5) is 0 Å². The zero-order valence-corrected chi connectivity index (χ0v) is 13.9. The zero-order valence-electron chi connectivity index (χ0n) is 13.9. The number of hydrogen-bond donors (Lipinski definition) is 3. The maximum Gasteiger partial charge on any atom is 0.200 e. The van der Waals surface area contributed by atoms with Crippen LogP contribution in [-0.2, 0) is 19.5 Å². The van der Waals surface area contributed by atoms with Crippen molar-refractivity contribution in [1.82, 2.24) is 24.8 Å². The Morgan fingerprint density at radius 2 is 1.81 bits per heavy atom. The lowest BCUT2D eigenvalue weighted by Crippen LogP contribution is -2.31. The van der Waals surface area contributed by atoms with Crippen molar-refractivity contribution in [3.8, 4) is 28.6 Å². The number of phenols is 3. The molecule has 3 heterocycles. The average Bonchev–Trinajstić information content (AvgIpc) is 2.69. The lowest BCUT2D eigenvalue weighted by atomic mass is 10.1. The largest absolute Gasteiger partial charge is 0.504 e. The Morgan fingerprint density at radius 1 is 1.00 bits per heavy atom. The first kappa shape index (κ1) is 16.2. The van der Waals surface area contributed by atoms with Gasteiger partial charge in [-0.2, -0.15) is 0 Å². The van der Waals surface area contributed by atoms with Crippen molar-refractivity contribution < 1.29 is 15.3 Å². The van der Waals surface area contributed by atoms with E-state index < -0.39 is 5.75 Å². The minimum atomic E-state index is -0.488. The molecule has 8 nitrogen and oxygen atoms in total. The molecule has 1 aliphatic heterocycles. The Labute approximate surface area is 149 Å². The van der Waals surface area contributed by atoms with Crippen LogP contribution in [0.3, 0.4) is 0 Å². The first-order valence-electron chi connectivity index (χ1n) is 8.17. The molecule has 0 unspecified atom stereocenters. The number of benzene rings is 1. The molecule has 8 heteroatoms.